The van der Waals surface area contributed by atoms with Crippen LogP contribution in [0.5, 0.6) is 0 Å². The van der Waals surface area contributed by atoms with E-state index in [1.165, 1.54) is 14.2 Å². The van der Waals surface area contributed by atoms with Gasteiger partial charge >= 0.3 is 11.9 Å². The molecular weight excluding hydrogens is 232 g/mol. The SMILES string of the molecule is C/C=C(/C[C@@H](CCC(C)C)C(=O)OC)C(=O)OC. The second-order valence-electron chi connectivity index (χ2n) is 4.70. The highest BCUT2D eigenvalue weighted by molar-refractivity contribution is 5.89. The molecule has 0 aliphatic rings. The highest BCUT2D eigenvalue weighted by atomic mass is 16.5. The van der Waals surface area contributed by atoms with Crippen LogP contribution in [-0.2, 0) is 19.1 Å². The number of hydrogen-bond donors (Lipinski definition) is 0. The van der Waals surface area contributed by atoms with Gasteiger partial charge in [0, 0.05) is 5.57 Å². The van der Waals surface area contributed by atoms with Crippen LogP contribution in [0, 0.1) is 11.8 Å². The summed E-state index contributed by atoms with van der Waals surface area (Å²) in [5, 5.41) is 0. The van der Waals surface area contributed by atoms with Gasteiger partial charge in [-0.1, -0.05) is 26.3 Å². The van der Waals surface area contributed by atoms with E-state index >= 15 is 0 Å². The minimum atomic E-state index is -0.379. The maximum Gasteiger partial charge on any atom is 0.333 e. The zero-order valence-corrected chi connectivity index (χ0v) is 12.0. The Morgan fingerprint density at radius 2 is 1.72 bits per heavy atom. The van der Waals surface area contributed by atoms with Crippen molar-refractivity contribution < 1.29 is 19.1 Å². The summed E-state index contributed by atoms with van der Waals surface area (Å²) in [6, 6.07) is 0. The van der Waals surface area contributed by atoms with Crippen molar-refractivity contribution in [1.82, 2.24) is 0 Å². The third-order valence-corrected chi connectivity index (χ3v) is 2.89. The van der Waals surface area contributed by atoms with E-state index in [4.69, 9.17) is 4.74 Å². The number of ether oxygens (including phenoxy) is 2. The number of esters is 2. The van der Waals surface area contributed by atoms with Gasteiger partial charge in [0.1, 0.15) is 0 Å². The van der Waals surface area contributed by atoms with Gasteiger partial charge in [0.25, 0.3) is 0 Å². The van der Waals surface area contributed by atoms with Gasteiger partial charge in [-0.2, -0.15) is 0 Å². The second-order valence-corrected chi connectivity index (χ2v) is 4.70. The lowest BCUT2D eigenvalue weighted by molar-refractivity contribution is -0.146. The summed E-state index contributed by atoms with van der Waals surface area (Å²) in [5.41, 5.74) is 0.525. The van der Waals surface area contributed by atoms with E-state index in [-0.39, 0.29) is 17.9 Å². The normalized spacial score (nSPS) is 13.3. The van der Waals surface area contributed by atoms with Gasteiger partial charge in [0.05, 0.1) is 20.1 Å². The van der Waals surface area contributed by atoms with E-state index in [1.807, 2.05) is 0 Å². The van der Waals surface area contributed by atoms with Crippen LogP contribution in [0.15, 0.2) is 11.6 Å². The average molecular weight is 256 g/mol. The fraction of sp³-hybridized carbons (Fsp3) is 0.714. The molecule has 0 aromatic heterocycles. The molecule has 0 aromatic rings. The molecule has 18 heavy (non-hydrogen) atoms. The van der Waals surface area contributed by atoms with Crippen molar-refractivity contribution in [3.63, 3.8) is 0 Å². The smallest absolute Gasteiger partial charge is 0.333 e. The Morgan fingerprint density at radius 3 is 2.11 bits per heavy atom. The first-order valence-electron chi connectivity index (χ1n) is 6.27. The van der Waals surface area contributed by atoms with Gasteiger partial charge in [-0.25, -0.2) is 4.79 Å². The Hall–Kier alpha value is -1.32. The summed E-state index contributed by atoms with van der Waals surface area (Å²) in [6.07, 6.45) is 3.72. The highest BCUT2D eigenvalue weighted by Crippen LogP contribution is 2.21. The predicted octanol–water partition coefficient (Wildman–Crippen LogP) is 2.72. The fourth-order valence-corrected chi connectivity index (χ4v) is 1.72. The minimum Gasteiger partial charge on any atom is -0.469 e. The van der Waals surface area contributed by atoms with Crippen molar-refractivity contribution in [1.29, 1.82) is 0 Å². The molecule has 0 aliphatic carbocycles. The average Bonchev–Trinajstić information content (AvgIpc) is 2.37. The predicted molar refractivity (Wildman–Crippen MR) is 70.0 cm³/mol. The molecule has 104 valence electrons. The van der Waals surface area contributed by atoms with E-state index in [2.05, 4.69) is 18.6 Å². The highest BCUT2D eigenvalue weighted by Gasteiger charge is 2.23. The first-order chi connectivity index (χ1) is 8.46. The van der Waals surface area contributed by atoms with E-state index in [1.54, 1.807) is 13.0 Å². The molecule has 0 amide bonds. The Balaban J connectivity index is 4.66. The lowest BCUT2D eigenvalue weighted by atomic mass is 9.91. The molecule has 0 unspecified atom stereocenters. The van der Waals surface area contributed by atoms with Gasteiger partial charge in [0.2, 0.25) is 0 Å². The molecule has 0 aliphatic heterocycles. The van der Waals surface area contributed by atoms with Crippen LogP contribution >= 0.6 is 0 Å². The zero-order chi connectivity index (χ0) is 14.1. The summed E-state index contributed by atoms with van der Waals surface area (Å²) >= 11 is 0. The van der Waals surface area contributed by atoms with Gasteiger partial charge in [-0.05, 0) is 25.7 Å². The third-order valence-electron chi connectivity index (χ3n) is 2.89. The van der Waals surface area contributed by atoms with Crippen molar-refractivity contribution >= 4 is 11.9 Å². The Labute approximate surface area is 109 Å². The van der Waals surface area contributed by atoms with Gasteiger partial charge in [0.15, 0.2) is 0 Å². The minimum absolute atomic E-state index is 0.265. The second kappa shape index (κ2) is 8.72. The fourth-order valence-electron chi connectivity index (χ4n) is 1.72. The lowest BCUT2D eigenvalue weighted by Crippen LogP contribution is -2.20. The third kappa shape index (κ3) is 5.84. The Kier molecular flexibility index (Phi) is 8.08. The van der Waals surface area contributed by atoms with Gasteiger partial charge < -0.3 is 9.47 Å². The molecule has 0 fully saturated rings. The molecule has 0 saturated heterocycles. The Morgan fingerprint density at radius 1 is 1.11 bits per heavy atom. The summed E-state index contributed by atoms with van der Waals surface area (Å²) in [4.78, 5) is 23.2. The monoisotopic (exact) mass is 256 g/mol. The van der Waals surface area contributed by atoms with Crippen molar-refractivity contribution in [2.45, 2.75) is 40.0 Å². The van der Waals surface area contributed by atoms with Crippen LogP contribution in [0.25, 0.3) is 0 Å². The molecule has 0 radical (unpaired) electrons. The molecular formula is C14H24O4. The largest absolute Gasteiger partial charge is 0.469 e. The number of hydrogen-bond acceptors (Lipinski definition) is 4. The molecule has 4 nitrogen and oxygen atoms in total. The van der Waals surface area contributed by atoms with E-state index < -0.39 is 0 Å². The topological polar surface area (TPSA) is 52.6 Å². The van der Waals surface area contributed by atoms with Gasteiger partial charge in [-0.15, -0.1) is 0 Å². The van der Waals surface area contributed by atoms with E-state index in [9.17, 15) is 9.59 Å². The van der Waals surface area contributed by atoms with Crippen molar-refractivity contribution in [3.8, 4) is 0 Å². The standard InChI is InChI=1S/C14H24O4/c1-6-11(13(15)17-4)9-12(14(16)18-5)8-7-10(2)3/h6,10,12H,7-9H2,1-5H3/b11-6-/t12-/m1/s1. The van der Waals surface area contributed by atoms with Crippen LogP contribution < -0.4 is 0 Å². The number of carbonyl (C=O) groups is 2. The number of allylic oxidation sites excluding steroid dienone is 1. The van der Waals surface area contributed by atoms with Crippen molar-refractivity contribution in [2.24, 2.45) is 11.8 Å². The first kappa shape index (κ1) is 16.7. The van der Waals surface area contributed by atoms with Crippen LogP contribution in [0.4, 0.5) is 0 Å². The van der Waals surface area contributed by atoms with Crippen LogP contribution in [0.2, 0.25) is 0 Å². The van der Waals surface area contributed by atoms with Crippen LogP contribution in [0.1, 0.15) is 40.0 Å². The summed E-state index contributed by atoms with van der Waals surface area (Å²) < 4.78 is 9.47. The van der Waals surface area contributed by atoms with Crippen LogP contribution in [-0.4, -0.2) is 26.2 Å². The molecule has 0 heterocycles. The summed E-state index contributed by atoms with van der Waals surface area (Å²) in [5.74, 6) is -0.401. The number of carbonyl (C=O) groups excluding carboxylic acids is 2. The molecule has 0 saturated carbocycles. The summed E-state index contributed by atoms with van der Waals surface area (Å²) in [6.45, 7) is 5.97. The Bertz CT molecular complexity index is 305. The maximum absolute atomic E-state index is 11.7. The molecule has 0 bridgehead atoms. The van der Waals surface area contributed by atoms with E-state index in [0.717, 1.165) is 12.8 Å². The molecule has 0 N–H and O–H groups in total. The van der Waals surface area contributed by atoms with E-state index in [0.29, 0.717) is 17.9 Å². The number of rotatable bonds is 7. The van der Waals surface area contributed by atoms with Gasteiger partial charge in [-0.3, -0.25) is 4.79 Å². The van der Waals surface area contributed by atoms with Crippen molar-refractivity contribution in [2.75, 3.05) is 14.2 Å². The maximum atomic E-state index is 11.7. The molecule has 1 atom stereocenters. The first-order valence-corrected chi connectivity index (χ1v) is 6.27. The molecule has 0 aromatic carbocycles. The molecule has 0 rings (SSSR count). The van der Waals surface area contributed by atoms with Crippen LogP contribution in [0.3, 0.4) is 0 Å². The number of methoxy groups -OCH3 is 2. The lowest BCUT2D eigenvalue weighted by Gasteiger charge is -2.16. The quantitative estimate of drug-likeness (QED) is 0.519. The molecule has 4 heteroatoms. The van der Waals surface area contributed by atoms with Crippen molar-refractivity contribution in [3.05, 3.63) is 11.6 Å². The summed E-state index contributed by atoms with van der Waals surface area (Å²) in [7, 11) is 2.71. The molecule has 0 spiro atoms. The zero-order valence-electron chi connectivity index (χ0n) is 12.0.